The van der Waals surface area contributed by atoms with Gasteiger partial charge in [0.25, 0.3) is 5.56 Å². The van der Waals surface area contributed by atoms with Gasteiger partial charge in [-0.15, -0.1) is 0 Å². The summed E-state index contributed by atoms with van der Waals surface area (Å²) in [6, 6.07) is 1.72. The molecule has 0 radical (unpaired) electrons. The Labute approximate surface area is 120 Å². The zero-order chi connectivity index (χ0) is 15.0. The lowest BCUT2D eigenvalue weighted by Crippen LogP contribution is -2.41. The zero-order valence-corrected chi connectivity index (χ0v) is 12.9. The lowest BCUT2D eigenvalue weighted by atomic mass is 10.3. The number of methoxy groups -OCH3 is 1. The van der Waals surface area contributed by atoms with E-state index in [-0.39, 0.29) is 11.6 Å². The summed E-state index contributed by atoms with van der Waals surface area (Å²) in [5.74, 6) is 0. The Bertz CT molecular complexity index is 447. The maximum absolute atomic E-state index is 12.1. The van der Waals surface area contributed by atoms with Crippen LogP contribution in [0.5, 0.6) is 0 Å². The van der Waals surface area contributed by atoms with Crippen LogP contribution >= 0.6 is 0 Å². The van der Waals surface area contributed by atoms with Gasteiger partial charge in [-0.1, -0.05) is 6.92 Å². The van der Waals surface area contributed by atoms with Crippen LogP contribution in [0.3, 0.4) is 0 Å². The summed E-state index contributed by atoms with van der Waals surface area (Å²) >= 11 is 0. The molecule has 20 heavy (non-hydrogen) atoms. The molecule has 1 heterocycles. The molecule has 0 aliphatic rings. The van der Waals surface area contributed by atoms with Gasteiger partial charge >= 0.3 is 0 Å². The van der Waals surface area contributed by atoms with Crippen molar-refractivity contribution in [1.29, 1.82) is 0 Å². The molecule has 1 aromatic rings. The summed E-state index contributed by atoms with van der Waals surface area (Å²) in [5, 5.41) is 7.60. The van der Waals surface area contributed by atoms with Gasteiger partial charge in [-0.2, -0.15) is 5.10 Å². The molecule has 0 aliphatic carbocycles. The van der Waals surface area contributed by atoms with Gasteiger partial charge in [0.05, 0.1) is 31.1 Å². The molecule has 0 aliphatic heterocycles. The first-order valence-electron chi connectivity index (χ1n) is 7.13. The zero-order valence-electron chi connectivity index (χ0n) is 12.9. The van der Waals surface area contributed by atoms with Gasteiger partial charge in [-0.05, 0) is 19.9 Å². The molecule has 6 nitrogen and oxygen atoms in total. The van der Waals surface area contributed by atoms with E-state index in [9.17, 15) is 4.79 Å². The molecule has 1 atom stereocenters. The molecular formula is C14H26N4O2. The van der Waals surface area contributed by atoms with E-state index in [0.717, 1.165) is 25.2 Å². The highest BCUT2D eigenvalue weighted by molar-refractivity contribution is 5.41. The largest absolute Gasteiger partial charge is 0.383 e. The van der Waals surface area contributed by atoms with Crippen LogP contribution in [0, 0.1) is 0 Å². The SMILES string of the molecule is CCCNC(COC)Cn1ncc(N(C)CC)cc1=O. The average Bonchev–Trinajstić information content (AvgIpc) is 2.46. The van der Waals surface area contributed by atoms with Crippen molar-refractivity contribution in [2.24, 2.45) is 0 Å². The van der Waals surface area contributed by atoms with Crippen molar-refractivity contribution < 1.29 is 4.74 Å². The van der Waals surface area contributed by atoms with E-state index in [4.69, 9.17) is 4.74 Å². The van der Waals surface area contributed by atoms with E-state index in [0.29, 0.717) is 13.2 Å². The van der Waals surface area contributed by atoms with Crippen molar-refractivity contribution in [3.8, 4) is 0 Å². The fourth-order valence-corrected chi connectivity index (χ4v) is 1.89. The van der Waals surface area contributed by atoms with E-state index in [1.807, 2.05) is 18.9 Å². The van der Waals surface area contributed by atoms with Gasteiger partial charge in [-0.3, -0.25) is 4.79 Å². The second kappa shape index (κ2) is 8.71. The molecule has 0 aromatic carbocycles. The number of nitrogens with zero attached hydrogens (tertiary/aromatic N) is 3. The third-order valence-electron chi connectivity index (χ3n) is 3.21. The van der Waals surface area contributed by atoms with Gasteiger partial charge in [0, 0.05) is 26.8 Å². The van der Waals surface area contributed by atoms with E-state index in [2.05, 4.69) is 17.3 Å². The highest BCUT2D eigenvalue weighted by Crippen LogP contribution is 2.05. The van der Waals surface area contributed by atoms with E-state index in [1.165, 1.54) is 4.68 Å². The Morgan fingerprint density at radius 3 is 2.80 bits per heavy atom. The molecule has 6 heteroatoms. The second-order valence-electron chi connectivity index (χ2n) is 4.85. The van der Waals surface area contributed by atoms with Crippen LogP contribution in [0.15, 0.2) is 17.1 Å². The van der Waals surface area contributed by atoms with Crippen LogP contribution in [0.25, 0.3) is 0 Å². The van der Waals surface area contributed by atoms with Crippen molar-refractivity contribution in [2.75, 3.05) is 38.8 Å². The lowest BCUT2D eigenvalue weighted by Gasteiger charge is -2.19. The molecule has 0 bridgehead atoms. The number of ether oxygens (including phenoxy) is 1. The molecule has 1 aromatic heterocycles. The van der Waals surface area contributed by atoms with Crippen molar-refractivity contribution in [1.82, 2.24) is 15.1 Å². The Balaban J connectivity index is 2.77. The molecule has 114 valence electrons. The molecular weight excluding hydrogens is 256 g/mol. The van der Waals surface area contributed by atoms with Crippen LogP contribution in [-0.2, 0) is 11.3 Å². The van der Waals surface area contributed by atoms with Gasteiger partial charge in [-0.25, -0.2) is 4.68 Å². The van der Waals surface area contributed by atoms with Crippen molar-refractivity contribution in [2.45, 2.75) is 32.9 Å². The molecule has 0 amide bonds. The molecule has 1 unspecified atom stereocenters. The highest BCUT2D eigenvalue weighted by Gasteiger charge is 2.11. The summed E-state index contributed by atoms with van der Waals surface area (Å²) in [5.41, 5.74) is 0.765. The minimum atomic E-state index is -0.0813. The normalized spacial score (nSPS) is 12.4. The van der Waals surface area contributed by atoms with Gasteiger partial charge in [0.2, 0.25) is 0 Å². The Hall–Kier alpha value is -1.40. The fraction of sp³-hybridized carbons (Fsp3) is 0.714. The molecule has 1 N–H and O–H groups in total. The first-order chi connectivity index (χ1) is 9.62. The molecule has 1 rings (SSSR count). The fourth-order valence-electron chi connectivity index (χ4n) is 1.89. The number of rotatable bonds is 9. The standard InChI is InChI=1S/C14H26N4O2/c1-5-7-15-12(11-20-4)10-18-14(19)8-13(9-16-18)17(3)6-2/h8-9,12,15H,5-7,10-11H2,1-4H3. The summed E-state index contributed by atoms with van der Waals surface area (Å²) in [6.45, 7) is 6.97. The summed E-state index contributed by atoms with van der Waals surface area (Å²) in [7, 11) is 3.60. The summed E-state index contributed by atoms with van der Waals surface area (Å²) in [4.78, 5) is 14.1. The number of hydrogen-bond donors (Lipinski definition) is 1. The third-order valence-corrected chi connectivity index (χ3v) is 3.21. The minimum Gasteiger partial charge on any atom is -0.383 e. The third kappa shape index (κ3) is 4.94. The van der Waals surface area contributed by atoms with E-state index < -0.39 is 0 Å². The quantitative estimate of drug-likeness (QED) is 0.723. The van der Waals surface area contributed by atoms with Gasteiger partial charge in [0.1, 0.15) is 0 Å². The highest BCUT2D eigenvalue weighted by atomic mass is 16.5. The summed E-state index contributed by atoms with van der Waals surface area (Å²) < 4.78 is 6.66. The van der Waals surface area contributed by atoms with Crippen LogP contribution < -0.4 is 15.8 Å². The number of nitrogens with one attached hydrogen (secondary N) is 1. The first-order valence-corrected chi connectivity index (χ1v) is 7.13. The van der Waals surface area contributed by atoms with Crippen molar-refractivity contribution >= 4 is 5.69 Å². The van der Waals surface area contributed by atoms with E-state index >= 15 is 0 Å². The Morgan fingerprint density at radius 1 is 1.50 bits per heavy atom. The first kappa shape index (κ1) is 16.7. The molecule has 0 saturated heterocycles. The smallest absolute Gasteiger partial charge is 0.268 e. The Kier molecular flexibility index (Phi) is 7.25. The van der Waals surface area contributed by atoms with Crippen LogP contribution in [0.4, 0.5) is 5.69 Å². The average molecular weight is 282 g/mol. The Morgan fingerprint density at radius 2 is 2.25 bits per heavy atom. The van der Waals surface area contributed by atoms with Crippen LogP contribution in [-0.4, -0.2) is 49.7 Å². The van der Waals surface area contributed by atoms with Gasteiger partial charge < -0.3 is 15.0 Å². The van der Waals surface area contributed by atoms with Crippen LogP contribution in [0.1, 0.15) is 20.3 Å². The minimum absolute atomic E-state index is 0.0813. The number of anilines is 1. The number of hydrogen-bond acceptors (Lipinski definition) is 5. The molecule has 0 fully saturated rings. The van der Waals surface area contributed by atoms with E-state index in [1.54, 1.807) is 19.4 Å². The maximum atomic E-state index is 12.1. The topological polar surface area (TPSA) is 59.4 Å². The predicted molar refractivity (Wildman–Crippen MR) is 81.4 cm³/mol. The monoisotopic (exact) mass is 282 g/mol. The van der Waals surface area contributed by atoms with Crippen molar-refractivity contribution in [3.63, 3.8) is 0 Å². The maximum Gasteiger partial charge on any atom is 0.268 e. The predicted octanol–water partition coefficient (Wildman–Crippen LogP) is 0.714. The lowest BCUT2D eigenvalue weighted by molar-refractivity contribution is 0.156. The second-order valence-corrected chi connectivity index (χ2v) is 4.85. The van der Waals surface area contributed by atoms with Crippen LogP contribution in [0.2, 0.25) is 0 Å². The molecule has 0 spiro atoms. The number of aromatic nitrogens is 2. The summed E-state index contributed by atoms with van der Waals surface area (Å²) in [6.07, 6.45) is 2.78. The molecule has 0 saturated carbocycles. The van der Waals surface area contributed by atoms with Crippen molar-refractivity contribution in [3.05, 3.63) is 22.6 Å². The van der Waals surface area contributed by atoms with Gasteiger partial charge in [0.15, 0.2) is 0 Å².